The zero-order valence-corrected chi connectivity index (χ0v) is 11.6. The van der Waals surface area contributed by atoms with Crippen molar-refractivity contribution in [3.05, 3.63) is 35.4 Å². The van der Waals surface area contributed by atoms with Crippen molar-refractivity contribution < 1.29 is 9.53 Å². The minimum Gasteiger partial charge on any atom is -0.364 e. The zero-order chi connectivity index (χ0) is 13.8. The minimum absolute atomic E-state index is 0.00590. The number of carbonyl (C=O) groups is 1. The maximum atomic E-state index is 12.1. The Balaban J connectivity index is 1.90. The van der Waals surface area contributed by atoms with Gasteiger partial charge in [-0.1, -0.05) is 29.8 Å². The summed E-state index contributed by atoms with van der Waals surface area (Å²) in [6.45, 7) is 4.52. The van der Waals surface area contributed by atoms with Crippen molar-refractivity contribution in [2.75, 3.05) is 6.54 Å². The van der Waals surface area contributed by atoms with Gasteiger partial charge in [-0.05, 0) is 32.3 Å². The van der Waals surface area contributed by atoms with Gasteiger partial charge in [-0.2, -0.15) is 0 Å². The average molecular weight is 262 g/mol. The van der Waals surface area contributed by atoms with E-state index in [9.17, 15) is 4.79 Å². The molecule has 1 amide bonds. The van der Waals surface area contributed by atoms with Gasteiger partial charge in [0.1, 0.15) is 6.10 Å². The first-order chi connectivity index (χ1) is 9.10. The predicted octanol–water partition coefficient (Wildman–Crippen LogP) is 1.68. The molecule has 2 unspecified atom stereocenters. The number of nitrogens with two attached hydrogens (primary N) is 1. The lowest BCUT2D eigenvalue weighted by atomic mass is 10.1. The molecule has 1 aromatic carbocycles. The maximum absolute atomic E-state index is 12.1. The van der Waals surface area contributed by atoms with E-state index in [4.69, 9.17) is 10.5 Å². The molecule has 0 saturated carbocycles. The summed E-state index contributed by atoms with van der Waals surface area (Å²) >= 11 is 0. The molecule has 0 bridgehead atoms. The van der Waals surface area contributed by atoms with Crippen LogP contribution in [0.1, 0.15) is 36.9 Å². The molecule has 2 rings (SSSR count). The van der Waals surface area contributed by atoms with Crippen molar-refractivity contribution >= 4 is 5.91 Å². The molecule has 0 radical (unpaired) electrons. The Morgan fingerprint density at radius 1 is 1.42 bits per heavy atom. The van der Waals surface area contributed by atoms with Crippen LogP contribution in [0.4, 0.5) is 0 Å². The summed E-state index contributed by atoms with van der Waals surface area (Å²) in [5.74, 6) is -0.0379. The lowest BCUT2D eigenvalue weighted by Crippen LogP contribution is -2.36. The van der Waals surface area contributed by atoms with Crippen LogP contribution >= 0.6 is 0 Å². The highest BCUT2D eigenvalue weighted by Gasteiger charge is 2.30. The first kappa shape index (κ1) is 14.0. The lowest BCUT2D eigenvalue weighted by Gasteiger charge is -2.18. The number of aryl methyl sites for hydroxylation is 1. The van der Waals surface area contributed by atoms with Crippen molar-refractivity contribution in [3.8, 4) is 0 Å². The molecule has 1 heterocycles. The normalized spacial score (nSPS) is 24.2. The van der Waals surface area contributed by atoms with Gasteiger partial charge in [-0.15, -0.1) is 0 Å². The number of carbonyl (C=O) groups excluding carboxylic acids is 1. The molecule has 1 saturated heterocycles. The molecule has 0 aliphatic carbocycles. The van der Waals surface area contributed by atoms with Crippen molar-refractivity contribution in [1.82, 2.24) is 5.32 Å². The fourth-order valence-corrected chi connectivity index (χ4v) is 2.32. The molecule has 1 aliphatic heterocycles. The molecule has 4 nitrogen and oxygen atoms in total. The van der Waals surface area contributed by atoms with E-state index in [2.05, 4.69) is 17.4 Å². The second-order valence-corrected chi connectivity index (χ2v) is 5.20. The summed E-state index contributed by atoms with van der Waals surface area (Å²) < 4.78 is 5.59. The van der Waals surface area contributed by atoms with E-state index in [0.29, 0.717) is 6.54 Å². The van der Waals surface area contributed by atoms with Crippen LogP contribution in [0.2, 0.25) is 0 Å². The van der Waals surface area contributed by atoms with E-state index < -0.39 is 0 Å². The van der Waals surface area contributed by atoms with E-state index in [1.54, 1.807) is 0 Å². The largest absolute Gasteiger partial charge is 0.364 e. The number of rotatable bonds is 4. The molecule has 19 heavy (non-hydrogen) atoms. The Hall–Kier alpha value is -1.39. The zero-order valence-electron chi connectivity index (χ0n) is 11.6. The van der Waals surface area contributed by atoms with Crippen molar-refractivity contribution in [2.45, 2.75) is 44.9 Å². The smallest absolute Gasteiger partial charge is 0.249 e. The predicted molar refractivity (Wildman–Crippen MR) is 74.7 cm³/mol. The van der Waals surface area contributed by atoms with E-state index >= 15 is 0 Å². The summed E-state index contributed by atoms with van der Waals surface area (Å²) in [5, 5.41) is 3.00. The first-order valence-corrected chi connectivity index (χ1v) is 6.82. The van der Waals surface area contributed by atoms with Gasteiger partial charge in [0.25, 0.3) is 0 Å². The first-order valence-electron chi connectivity index (χ1n) is 6.82. The van der Waals surface area contributed by atoms with E-state index in [1.165, 1.54) is 5.56 Å². The molecule has 1 fully saturated rings. The highest BCUT2D eigenvalue weighted by molar-refractivity contribution is 5.81. The number of hydrogen-bond acceptors (Lipinski definition) is 3. The fraction of sp³-hybridized carbons (Fsp3) is 0.533. The molecular weight excluding hydrogens is 240 g/mol. The second kappa shape index (κ2) is 6.17. The molecule has 0 aromatic heterocycles. The Kier molecular flexibility index (Phi) is 4.56. The lowest BCUT2D eigenvalue weighted by molar-refractivity contribution is -0.132. The third-order valence-corrected chi connectivity index (χ3v) is 3.60. The van der Waals surface area contributed by atoms with Crippen LogP contribution in [0, 0.1) is 6.92 Å². The van der Waals surface area contributed by atoms with Gasteiger partial charge in [0.15, 0.2) is 0 Å². The van der Waals surface area contributed by atoms with Gasteiger partial charge in [-0.3, -0.25) is 4.79 Å². The van der Waals surface area contributed by atoms with E-state index in [1.807, 2.05) is 26.0 Å². The van der Waals surface area contributed by atoms with Crippen LogP contribution in [0.15, 0.2) is 24.3 Å². The molecule has 1 aromatic rings. The topological polar surface area (TPSA) is 64.4 Å². The standard InChI is InChI=1S/C15H22N2O2/c1-10-3-5-12(6-4-10)11(2)17-15(18)14-8-7-13(9-16)19-14/h3-6,11,13-14H,7-9,16H2,1-2H3,(H,17,18)/t11-,13?,14?/m0/s1. The molecule has 4 heteroatoms. The van der Waals surface area contributed by atoms with Crippen LogP contribution in [0.3, 0.4) is 0 Å². The Bertz CT molecular complexity index is 430. The summed E-state index contributed by atoms with van der Waals surface area (Å²) in [5.41, 5.74) is 7.86. The van der Waals surface area contributed by atoms with Gasteiger partial charge in [0, 0.05) is 6.54 Å². The van der Waals surface area contributed by atoms with Crippen LogP contribution in [-0.4, -0.2) is 24.7 Å². The number of nitrogens with one attached hydrogen (secondary N) is 1. The van der Waals surface area contributed by atoms with E-state index in [0.717, 1.165) is 18.4 Å². The van der Waals surface area contributed by atoms with Crippen LogP contribution < -0.4 is 11.1 Å². The highest BCUT2D eigenvalue weighted by Crippen LogP contribution is 2.20. The number of amides is 1. The fourth-order valence-electron chi connectivity index (χ4n) is 2.32. The number of benzene rings is 1. The van der Waals surface area contributed by atoms with Crippen LogP contribution in [0.25, 0.3) is 0 Å². The Morgan fingerprint density at radius 2 is 2.11 bits per heavy atom. The van der Waals surface area contributed by atoms with Crippen molar-refractivity contribution in [3.63, 3.8) is 0 Å². The Labute approximate surface area is 114 Å². The van der Waals surface area contributed by atoms with Gasteiger partial charge >= 0.3 is 0 Å². The van der Waals surface area contributed by atoms with Gasteiger partial charge < -0.3 is 15.8 Å². The summed E-state index contributed by atoms with van der Waals surface area (Å²) in [4.78, 5) is 12.1. The average Bonchev–Trinajstić information content (AvgIpc) is 2.88. The molecule has 3 N–H and O–H groups in total. The highest BCUT2D eigenvalue weighted by atomic mass is 16.5. The quantitative estimate of drug-likeness (QED) is 0.867. The van der Waals surface area contributed by atoms with Crippen LogP contribution in [0.5, 0.6) is 0 Å². The third-order valence-electron chi connectivity index (χ3n) is 3.60. The number of hydrogen-bond donors (Lipinski definition) is 2. The maximum Gasteiger partial charge on any atom is 0.249 e. The van der Waals surface area contributed by atoms with Gasteiger partial charge in [0.05, 0.1) is 12.1 Å². The van der Waals surface area contributed by atoms with Crippen molar-refractivity contribution in [2.24, 2.45) is 5.73 Å². The SMILES string of the molecule is Cc1ccc([C@H](C)NC(=O)C2CCC(CN)O2)cc1. The number of ether oxygens (including phenoxy) is 1. The van der Waals surface area contributed by atoms with Crippen LogP contribution in [-0.2, 0) is 9.53 Å². The second-order valence-electron chi connectivity index (χ2n) is 5.20. The van der Waals surface area contributed by atoms with Gasteiger partial charge in [-0.25, -0.2) is 0 Å². The monoisotopic (exact) mass is 262 g/mol. The molecule has 0 spiro atoms. The molecule has 3 atom stereocenters. The summed E-state index contributed by atoms with van der Waals surface area (Å²) in [6, 6.07) is 8.17. The molecule has 104 valence electrons. The molecule has 1 aliphatic rings. The summed E-state index contributed by atoms with van der Waals surface area (Å²) in [7, 11) is 0. The van der Waals surface area contributed by atoms with E-state index in [-0.39, 0.29) is 24.2 Å². The Morgan fingerprint density at radius 3 is 2.68 bits per heavy atom. The molecular formula is C15H22N2O2. The summed E-state index contributed by atoms with van der Waals surface area (Å²) in [6.07, 6.45) is 1.31. The minimum atomic E-state index is -0.346. The van der Waals surface area contributed by atoms with Crippen molar-refractivity contribution in [1.29, 1.82) is 0 Å². The van der Waals surface area contributed by atoms with Gasteiger partial charge in [0.2, 0.25) is 5.91 Å². The third kappa shape index (κ3) is 3.55.